The molecule has 1 fully saturated rings. The molecule has 1 aliphatic heterocycles. The summed E-state index contributed by atoms with van der Waals surface area (Å²) in [7, 11) is 0.541. The van der Waals surface area contributed by atoms with Crippen molar-refractivity contribution in [1.29, 1.82) is 0 Å². The average Bonchev–Trinajstić information content (AvgIpc) is 2.98. The van der Waals surface area contributed by atoms with Crippen molar-refractivity contribution in [2.45, 2.75) is 122 Å². The first-order chi connectivity index (χ1) is 19.4. The van der Waals surface area contributed by atoms with Gasteiger partial charge in [0, 0.05) is 7.11 Å². The highest BCUT2D eigenvalue weighted by atomic mass is 127. The highest BCUT2D eigenvalue weighted by Crippen LogP contribution is 2.48. The van der Waals surface area contributed by atoms with Crippen LogP contribution >= 0.6 is 34.2 Å². The molecule has 2 rings (SSSR count). The van der Waals surface area contributed by atoms with Gasteiger partial charge in [0.15, 0.2) is 28.1 Å². The predicted octanol–water partition coefficient (Wildman–Crippen LogP) is 7.92. The van der Waals surface area contributed by atoms with Gasteiger partial charge in [0.25, 0.3) is 5.24 Å². The summed E-state index contributed by atoms with van der Waals surface area (Å²) in [6, 6.07) is 5.92. The maximum atomic E-state index is 12.3. The molecule has 0 aromatic heterocycles. The molecule has 236 valence electrons. The van der Waals surface area contributed by atoms with Crippen LogP contribution < -0.4 is 14.2 Å². The normalized spacial score (nSPS) is 23.4. The Morgan fingerprint density at radius 3 is 1.66 bits per heavy atom. The maximum absolute atomic E-state index is 12.3. The summed E-state index contributed by atoms with van der Waals surface area (Å²) in [4.78, 5) is 12.3. The van der Waals surface area contributed by atoms with Crippen LogP contribution in [0.5, 0.6) is 17.2 Å². The first-order valence-electron chi connectivity index (χ1n) is 14.8. The van der Waals surface area contributed by atoms with E-state index in [1.54, 1.807) is 14.0 Å². The molecular formula is C29H50ClIO8Si2. The van der Waals surface area contributed by atoms with Gasteiger partial charge < -0.3 is 32.5 Å². The van der Waals surface area contributed by atoms with Gasteiger partial charge in [-0.05, 0) is 89.9 Å². The summed E-state index contributed by atoms with van der Waals surface area (Å²) in [5.41, 5.74) is 0.874. The summed E-state index contributed by atoms with van der Waals surface area (Å²) in [6.07, 6.45) is -2.41. The Labute approximate surface area is 267 Å². The monoisotopic (exact) mass is 744 g/mol. The lowest BCUT2D eigenvalue weighted by Crippen LogP contribution is -2.65. The summed E-state index contributed by atoms with van der Waals surface area (Å²) in [5, 5.41) is -0.634. The lowest BCUT2D eigenvalue weighted by molar-refractivity contribution is -0.266. The number of hydrogen-bond acceptors (Lipinski definition) is 8. The van der Waals surface area contributed by atoms with Gasteiger partial charge in [-0.25, -0.2) is 0 Å². The minimum atomic E-state index is -2.15. The summed E-state index contributed by atoms with van der Waals surface area (Å²) >= 11 is 8.10. The SMILES string of the molecule is CC[Si](CC)(CC)O[C@@H]1[C@@H](OC)[C@@H](O[Si](CC)(CC)CC)[C@H](Oc2c(I)c(C)c(C(=O)Cl)c(OC)c2OC)O[C@H]1C. The second-order valence-electron chi connectivity index (χ2n) is 10.7. The van der Waals surface area contributed by atoms with Crippen molar-refractivity contribution in [1.82, 2.24) is 0 Å². The van der Waals surface area contributed by atoms with Crippen LogP contribution in [0.15, 0.2) is 0 Å². The third-order valence-corrected chi connectivity index (χ3v) is 19.8. The first-order valence-corrected chi connectivity index (χ1v) is 21.3. The van der Waals surface area contributed by atoms with E-state index in [1.165, 1.54) is 14.2 Å². The first kappa shape index (κ1) is 36.8. The minimum absolute atomic E-state index is 0.218. The van der Waals surface area contributed by atoms with E-state index in [-0.39, 0.29) is 29.3 Å². The van der Waals surface area contributed by atoms with Gasteiger partial charge in [0.1, 0.15) is 12.2 Å². The third-order valence-electron chi connectivity index (χ3n) is 9.02. The molecule has 0 N–H and O–H groups in total. The molecule has 1 aliphatic rings. The largest absolute Gasteiger partial charge is 0.492 e. The van der Waals surface area contributed by atoms with Crippen LogP contribution in [0.25, 0.3) is 0 Å². The Kier molecular flexibility index (Phi) is 14.4. The smallest absolute Gasteiger partial charge is 0.256 e. The number of halogens is 2. The van der Waals surface area contributed by atoms with Crippen molar-refractivity contribution in [3.05, 3.63) is 14.7 Å². The molecule has 12 heteroatoms. The van der Waals surface area contributed by atoms with Crippen LogP contribution in [0.2, 0.25) is 36.3 Å². The van der Waals surface area contributed by atoms with Crippen molar-refractivity contribution < 1.29 is 37.3 Å². The van der Waals surface area contributed by atoms with Crippen molar-refractivity contribution in [3.8, 4) is 17.2 Å². The maximum Gasteiger partial charge on any atom is 0.256 e. The van der Waals surface area contributed by atoms with E-state index in [4.69, 9.17) is 44.1 Å². The molecular weight excluding hydrogens is 695 g/mol. The topological polar surface area (TPSA) is 81.7 Å². The fraction of sp³-hybridized carbons (Fsp3) is 0.759. The molecule has 1 heterocycles. The number of rotatable bonds is 16. The minimum Gasteiger partial charge on any atom is -0.492 e. The van der Waals surface area contributed by atoms with Gasteiger partial charge >= 0.3 is 0 Å². The van der Waals surface area contributed by atoms with Gasteiger partial charge in [-0.1, -0.05) is 41.5 Å². The van der Waals surface area contributed by atoms with Crippen molar-refractivity contribution in [2.75, 3.05) is 21.3 Å². The van der Waals surface area contributed by atoms with E-state index in [0.717, 1.165) is 36.3 Å². The molecule has 8 nitrogen and oxygen atoms in total. The van der Waals surface area contributed by atoms with E-state index < -0.39 is 40.4 Å². The predicted molar refractivity (Wildman–Crippen MR) is 177 cm³/mol. The number of carbonyl (C=O) groups excluding carboxylic acids is 1. The van der Waals surface area contributed by atoms with E-state index in [1.807, 2.05) is 6.92 Å². The van der Waals surface area contributed by atoms with E-state index in [2.05, 4.69) is 64.1 Å². The Balaban J connectivity index is 2.71. The highest BCUT2D eigenvalue weighted by molar-refractivity contribution is 14.1. The molecule has 0 unspecified atom stereocenters. The van der Waals surface area contributed by atoms with Crippen LogP contribution in [-0.4, -0.2) is 73.9 Å². The zero-order valence-corrected chi connectivity index (χ0v) is 31.6. The Hall–Kier alpha value is -0.416. The van der Waals surface area contributed by atoms with Crippen LogP contribution in [0.3, 0.4) is 0 Å². The summed E-state index contributed by atoms with van der Waals surface area (Å²) < 4.78 is 45.8. The van der Waals surface area contributed by atoms with Gasteiger partial charge in [-0.3, -0.25) is 4.79 Å². The molecule has 1 saturated heterocycles. The molecule has 0 amide bonds. The van der Waals surface area contributed by atoms with Crippen LogP contribution in [0.1, 0.15) is 64.4 Å². The lowest BCUT2D eigenvalue weighted by Gasteiger charge is -2.49. The molecule has 1 aromatic carbocycles. The van der Waals surface area contributed by atoms with Gasteiger partial charge in [0.05, 0.1) is 35.6 Å². The lowest BCUT2D eigenvalue weighted by atomic mass is 9.99. The zero-order chi connectivity index (χ0) is 31.1. The molecule has 0 bridgehead atoms. The highest BCUT2D eigenvalue weighted by Gasteiger charge is 2.52. The van der Waals surface area contributed by atoms with E-state index >= 15 is 0 Å². The number of carbonyl (C=O) groups is 1. The third kappa shape index (κ3) is 7.63. The summed E-state index contributed by atoms with van der Waals surface area (Å²) in [6.45, 7) is 17.1. The average molecular weight is 745 g/mol. The number of benzene rings is 1. The molecule has 0 spiro atoms. The Bertz CT molecular complexity index is 1000. The van der Waals surface area contributed by atoms with E-state index in [0.29, 0.717) is 14.9 Å². The van der Waals surface area contributed by atoms with Crippen LogP contribution in [0.4, 0.5) is 0 Å². The van der Waals surface area contributed by atoms with Crippen molar-refractivity contribution in [3.63, 3.8) is 0 Å². The van der Waals surface area contributed by atoms with Gasteiger partial charge in [-0.2, -0.15) is 0 Å². The summed E-state index contributed by atoms with van der Waals surface area (Å²) in [5.74, 6) is 0.892. The number of methoxy groups -OCH3 is 3. The van der Waals surface area contributed by atoms with Crippen molar-refractivity contribution in [2.24, 2.45) is 0 Å². The Morgan fingerprint density at radius 2 is 1.27 bits per heavy atom. The molecule has 41 heavy (non-hydrogen) atoms. The van der Waals surface area contributed by atoms with Crippen molar-refractivity contribution >= 4 is 56.1 Å². The molecule has 0 saturated carbocycles. The second kappa shape index (κ2) is 16.1. The molecule has 0 radical (unpaired) electrons. The standard InChI is InChI=1S/C29H50ClIO8Si2/c1-12-40(13-2,14-3)38-22-19(8)36-29(27(25(22)34-10)39-41(15-4,16-5)17-6)37-24-21(31)18(7)20(28(30)32)23(33-9)26(24)35-11/h19,22,25,27,29H,12-17H2,1-11H3/t19-,22-,25+,27+,29-/m0/s1. The number of hydrogen-bond donors (Lipinski definition) is 0. The fourth-order valence-electron chi connectivity index (χ4n) is 5.81. The Morgan fingerprint density at radius 1 is 0.805 bits per heavy atom. The quantitative estimate of drug-likeness (QED) is 0.0960. The van der Waals surface area contributed by atoms with Crippen LogP contribution in [0, 0.1) is 10.5 Å². The van der Waals surface area contributed by atoms with Gasteiger partial charge in [-0.15, -0.1) is 0 Å². The van der Waals surface area contributed by atoms with Gasteiger partial charge in [0.2, 0.25) is 12.0 Å². The van der Waals surface area contributed by atoms with E-state index in [9.17, 15) is 4.79 Å². The van der Waals surface area contributed by atoms with Crippen LogP contribution in [-0.2, 0) is 18.3 Å². The second-order valence-corrected chi connectivity index (χ2v) is 21.5. The zero-order valence-electron chi connectivity index (χ0n) is 26.7. The fourth-order valence-corrected chi connectivity index (χ4v) is 12.4. The molecule has 5 atom stereocenters. The molecule has 0 aliphatic carbocycles. The number of ether oxygens (including phenoxy) is 5. The molecule has 1 aromatic rings.